The lowest BCUT2D eigenvalue weighted by Crippen LogP contribution is -2.48. The standard InChI is InChI=1S/C24H26F2N4O4/c1-4-5-11-30-14(2)20(22(31)34-3)21(29-24(30)33)15-7-6-8-16(12-15)27-23(32)28-17-9-10-18(25)19(26)13-17/h6-10,12-13,21H,4-5,11H2,1-3H3,(H,29,33)(H2,27,28,32). The molecule has 10 heteroatoms. The lowest BCUT2D eigenvalue weighted by molar-refractivity contribution is -0.136. The number of nitrogens with one attached hydrogen (secondary N) is 3. The molecule has 0 fully saturated rings. The maximum Gasteiger partial charge on any atom is 0.337 e. The molecule has 0 saturated carbocycles. The highest BCUT2D eigenvalue weighted by atomic mass is 19.2. The third-order valence-electron chi connectivity index (χ3n) is 5.39. The quantitative estimate of drug-likeness (QED) is 0.498. The van der Waals surface area contributed by atoms with E-state index in [9.17, 15) is 23.2 Å². The van der Waals surface area contributed by atoms with Crippen LogP contribution in [-0.4, -0.2) is 36.6 Å². The van der Waals surface area contributed by atoms with Crippen molar-refractivity contribution in [1.82, 2.24) is 10.2 Å². The molecule has 1 atom stereocenters. The number of carbonyl (C=O) groups excluding carboxylic acids is 3. The number of methoxy groups -OCH3 is 1. The zero-order chi connectivity index (χ0) is 24.8. The van der Waals surface area contributed by atoms with Crippen molar-refractivity contribution < 1.29 is 27.9 Å². The van der Waals surface area contributed by atoms with Crippen molar-refractivity contribution in [2.45, 2.75) is 32.7 Å². The van der Waals surface area contributed by atoms with E-state index in [1.807, 2.05) is 6.92 Å². The monoisotopic (exact) mass is 472 g/mol. The minimum Gasteiger partial charge on any atom is -0.466 e. The number of carbonyl (C=O) groups is 3. The molecule has 34 heavy (non-hydrogen) atoms. The van der Waals surface area contributed by atoms with Gasteiger partial charge in [0.15, 0.2) is 11.6 Å². The first-order valence-electron chi connectivity index (χ1n) is 10.7. The number of rotatable bonds is 7. The predicted octanol–water partition coefficient (Wildman–Crippen LogP) is 4.92. The van der Waals surface area contributed by atoms with Gasteiger partial charge in [-0.15, -0.1) is 0 Å². The van der Waals surface area contributed by atoms with E-state index in [0.717, 1.165) is 25.0 Å². The second-order valence-corrected chi connectivity index (χ2v) is 7.71. The molecule has 8 nitrogen and oxygen atoms in total. The molecule has 0 aromatic heterocycles. The maximum absolute atomic E-state index is 13.4. The van der Waals surface area contributed by atoms with Gasteiger partial charge in [-0.2, -0.15) is 0 Å². The summed E-state index contributed by atoms with van der Waals surface area (Å²) < 4.78 is 31.4. The van der Waals surface area contributed by atoms with Gasteiger partial charge in [-0.3, -0.25) is 4.90 Å². The fourth-order valence-corrected chi connectivity index (χ4v) is 3.65. The van der Waals surface area contributed by atoms with Gasteiger partial charge < -0.3 is 20.7 Å². The highest BCUT2D eigenvalue weighted by Gasteiger charge is 2.36. The molecule has 1 unspecified atom stereocenters. The van der Waals surface area contributed by atoms with Gasteiger partial charge in [0.2, 0.25) is 0 Å². The molecule has 3 rings (SSSR count). The van der Waals surface area contributed by atoms with Crippen LogP contribution in [0.2, 0.25) is 0 Å². The molecule has 180 valence electrons. The van der Waals surface area contributed by atoms with Crippen LogP contribution in [0.4, 0.5) is 29.7 Å². The fourth-order valence-electron chi connectivity index (χ4n) is 3.65. The molecule has 0 aliphatic carbocycles. The predicted molar refractivity (Wildman–Crippen MR) is 123 cm³/mol. The maximum atomic E-state index is 13.4. The normalized spacial score (nSPS) is 15.6. The van der Waals surface area contributed by atoms with E-state index in [2.05, 4.69) is 16.0 Å². The van der Waals surface area contributed by atoms with E-state index in [4.69, 9.17) is 4.74 Å². The number of urea groups is 2. The molecular weight excluding hydrogens is 446 g/mol. The average Bonchev–Trinajstić information content (AvgIpc) is 2.80. The molecule has 0 bridgehead atoms. The number of hydrogen-bond acceptors (Lipinski definition) is 4. The Morgan fingerprint density at radius 3 is 2.44 bits per heavy atom. The van der Waals surface area contributed by atoms with Crippen molar-refractivity contribution in [3.8, 4) is 0 Å². The third kappa shape index (κ3) is 5.51. The zero-order valence-corrected chi connectivity index (χ0v) is 19.1. The smallest absolute Gasteiger partial charge is 0.337 e. The first kappa shape index (κ1) is 24.7. The Morgan fingerprint density at radius 2 is 1.79 bits per heavy atom. The van der Waals surface area contributed by atoms with Crippen LogP contribution in [0, 0.1) is 11.6 Å². The van der Waals surface area contributed by atoms with E-state index in [0.29, 0.717) is 29.1 Å². The molecule has 4 amide bonds. The van der Waals surface area contributed by atoms with Crippen LogP contribution in [0.15, 0.2) is 53.7 Å². The summed E-state index contributed by atoms with van der Waals surface area (Å²) in [5.74, 6) is -2.68. The molecular formula is C24H26F2N4O4. The Balaban J connectivity index is 1.84. The van der Waals surface area contributed by atoms with E-state index < -0.39 is 29.7 Å². The minimum atomic E-state index is -1.08. The highest BCUT2D eigenvalue weighted by Crippen LogP contribution is 2.32. The van der Waals surface area contributed by atoms with Gasteiger partial charge in [0.05, 0.1) is 18.7 Å². The van der Waals surface area contributed by atoms with Gasteiger partial charge in [-0.25, -0.2) is 23.2 Å². The Labute approximate surface area is 196 Å². The number of anilines is 2. The second-order valence-electron chi connectivity index (χ2n) is 7.71. The number of halogens is 2. The van der Waals surface area contributed by atoms with Gasteiger partial charge in [0.1, 0.15) is 0 Å². The van der Waals surface area contributed by atoms with E-state index in [1.165, 1.54) is 18.1 Å². The van der Waals surface area contributed by atoms with Crippen LogP contribution in [0.25, 0.3) is 0 Å². The third-order valence-corrected chi connectivity index (χ3v) is 5.39. The number of hydrogen-bond donors (Lipinski definition) is 3. The molecule has 0 saturated heterocycles. The van der Waals surface area contributed by atoms with Crippen molar-refractivity contribution in [2.24, 2.45) is 0 Å². The zero-order valence-electron chi connectivity index (χ0n) is 19.1. The Bertz CT molecular complexity index is 1140. The molecule has 0 spiro atoms. The summed E-state index contributed by atoms with van der Waals surface area (Å²) in [7, 11) is 1.27. The van der Waals surface area contributed by atoms with Crippen molar-refractivity contribution in [1.29, 1.82) is 0 Å². The lowest BCUT2D eigenvalue weighted by atomic mass is 9.94. The summed E-state index contributed by atoms with van der Waals surface area (Å²) in [6.07, 6.45) is 1.66. The fraction of sp³-hybridized carbons (Fsp3) is 0.292. The Hall–Kier alpha value is -3.95. The molecule has 1 aliphatic heterocycles. The largest absolute Gasteiger partial charge is 0.466 e. The van der Waals surface area contributed by atoms with Crippen LogP contribution in [0.5, 0.6) is 0 Å². The first-order valence-corrected chi connectivity index (χ1v) is 10.7. The molecule has 1 heterocycles. The summed E-state index contributed by atoms with van der Waals surface area (Å²) in [6, 6.07) is 7.78. The molecule has 0 radical (unpaired) electrons. The highest BCUT2D eigenvalue weighted by molar-refractivity contribution is 6.00. The molecule has 1 aliphatic rings. The summed E-state index contributed by atoms with van der Waals surface area (Å²) in [6.45, 7) is 4.17. The molecule has 2 aromatic rings. The van der Waals surface area contributed by atoms with Gasteiger partial charge >= 0.3 is 18.0 Å². The number of ether oxygens (including phenoxy) is 1. The molecule has 2 aromatic carbocycles. The van der Waals surface area contributed by atoms with Crippen LogP contribution < -0.4 is 16.0 Å². The van der Waals surface area contributed by atoms with Gasteiger partial charge in [-0.05, 0) is 43.2 Å². The number of allylic oxidation sites excluding steroid dienone is 1. The summed E-state index contributed by atoms with van der Waals surface area (Å²) >= 11 is 0. The van der Waals surface area contributed by atoms with E-state index in [1.54, 1.807) is 31.2 Å². The topological polar surface area (TPSA) is 99.8 Å². The number of unbranched alkanes of at least 4 members (excludes halogenated alkanes) is 1. The van der Waals surface area contributed by atoms with Crippen molar-refractivity contribution in [3.63, 3.8) is 0 Å². The van der Waals surface area contributed by atoms with Crippen molar-refractivity contribution in [2.75, 3.05) is 24.3 Å². The number of benzene rings is 2. The molecule has 3 N–H and O–H groups in total. The Morgan fingerprint density at radius 1 is 1.09 bits per heavy atom. The van der Waals surface area contributed by atoms with Crippen LogP contribution in [-0.2, 0) is 9.53 Å². The lowest BCUT2D eigenvalue weighted by Gasteiger charge is -2.35. The van der Waals surface area contributed by atoms with Crippen molar-refractivity contribution in [3.05, 3.63) is 70.9 Å². The first-order chi connectivity index (χ1) is 16.2. The number of amides is 4. The summed E-state index contributed by atoms with van der Waals surface area (Å²) in [4.78, 5) is 39.2. The van der Waals surface area contributed by atoms with Gasteiger partial charge in [-0.1, -0.05) is 25.5 Å². The van der Waals surface area contributed by atoms with E-state index in [-0.39, 0.29) is 11.7 Å². The van der Waals surface area contributed by atoms with Gasteiger partial charge in [0.25, 0.3) is 0 Å². The minimum absolute atomic E-state index is 0.0748. The average molecular weight is 472 g/mol. The number of nitrogens with zero attached hydrogens (tertiary/aromatic N) is 1. The van der Waals surface area contributed by atoms with Crippen LogP contribution in [0.3, 0.4) is 0 Å². The summed E-state index contributed by atoms with van der Waals surface area (Å²) in [5.41, 5.74) is 1.78. The van der Waals surface area contributed by atoms with Crippen LogP contribution in [0.1, 0.15) is 38.3 Å². The van der Waals surface area contributed by atoms with Gasteiger partial charge in [0, 0.05) is 29.7 Å². The second kappa shape index (κ2) is 10.8. The summed E-state index contributed by atoms with van der Waals surface area (Å²) in [5, 5.41) is 7.86. The van der Waals surface area contributed by atoms with Crippen molar-refractivity contribution >= 4 is 29.4 Å². The Kier molecular flexibility index (Phi) is 7.83. The van der Waals surface area contributed by atoms with E-state index >= 15 is 0 Å². The number of esters is 1. The van der Waals surface area contributed by atoms with Crippen LogP contribution >= 0.6 is 0 Å². The SMILES string of the molecule is CCCCN1C(=O)NC(c2cccc(NC(=O)Nc3ccc(F)c(F)c3)c2)C(C(=O)OC)=C1C.